The normalized spacial score (nSPS) is 16.2. The molecule has 1 aromatic carbocycles. The highest BCUT2D eigenvalue weighted by atomic mass is 32.1. The molecule has 1 aliphatic heterocycles. The third-order valence-electron chi connectivity index (χ3n) is 5.72. The fourth-order valence-corrected chi connectivity index (χ4v) is 5.00. The molecular formula is C21H22N6O4S. The second-order valence-corrected chi connectivity index (χ2v) is 8.87. The molecule has 0 N–H and O–H groups in total. The van der Waals surface area contributed by atoms with Crippen LogP contribution in [0.15, 0.2) is 40.2 Å². The molecule has 1 fully saturated rings. The van der Waals surface area contributed by atoms with Crippen LogP contribution in [0.2, 0.25) is 0 Å². The first-order valence-corrected chi connectivity index (χ1v) is 11.1. The molecular weight excluding hydrogens is 432 g/mol. The highest BCUT2D eigenvalue weighted by molar-refractivity contribution is 7.22. The maximum atomic E-state index is 13.5. The number of carbonyl (C=O) groups is 1. The number of ether oxygens (including phenoxy) is 1. The van der Waals surface area contributed by atoms with Crippen LogP contribution in [0.25, 0.3) is 21.4 Å². The topological polar surface area (TPSA) is 104 Å². The average Bonchev–Trinajstić information content (AvgIpc) is 3.52. The lowest BCUT2D eigenvalue weighted by molar-refractivity contribution is -0.119. The number of benzene rings is 1. The number of aromatic nitrogens is 5. The minimum Gasteiger partial charge on any atom is -0.376 e. The number of para-hydroxylation sites is 1. The fraction of sp³-hybridized carbons (Fsp3) is 0.381. The molecule has 4 heterocycles. The molecule has 0 unspecified atom stereocenters. The van der Waals surface area contributed by atoms with Crippen molar-refractivity contribution in [2.24, 2.45) is 14.1 Å². The SMILES string of the molecule is Cn1cnc2c1c(=O)n(CC(=O)N(C[C@H]1CCCO1)c1nc3ccccc3s1)c(=O)n2C. The van der Waals surface area contributed by atoms with E-state index >= 15 is 0 Å². The lowest BCUT2D eigenvalue weighted by Crippen LogP contribution is -2.46. The summed E-state index contributed by atoms with van der Waals surface area (Å²) in [5, 5.41) is 0.526. The Hall–Kier alpha value is -3.31. The first-order chi connectivity index (χ1) is 15.4. The molecule has 1 amide bonds. The lowest BCUT2D eigenvalue weighted by atomic mass is 10.2. The Morgan fingerprint density at radius 1 is 1.28 bits per heavy atom. The minimum absolute atomic E-state index is 0.106. The van der Waals surface area contributed by atoms with Gasteiger partial charge in [-0.3, -0.25) is 19.1 Å². The van der Waals surface area contributed by atoms with Crippen LogP contribution in [0.5, 0.6) is 0 Å². The molecule has 166 valence electrons. The van der Waals surface area contributed by atoms with Crippen molar-refractivity contribution in [3.8, 4) is 0 Å². The van der Waals surface area contributed by atoms with Gasteiger partial charge in [-0.2, -0.15) is 0 Å². The second kappa shape index (κ2) is 7.99. The van der Waals surface area contributed by atoms with Gasteiger partial charge in [0.2, 0.25) is 5.91 Å². The van der Waals surface area contributed by atoms with Crippen molar-refractivity contribution in [1.29, 1.82) is 0 Å². The maximum absolute atomic E-state index is 13.5. The molecule has 1 atom stereocenters. The lowest BCUT2D eigenvalue weighted by Gasteiger charge is -2.23. The van der Waals surface area contributed by atoms with Gasteiger partial charge < -0.3 is 9.30 Å². The molecule has 10 nitrogen and oxygen atoms in total. The van der Waals surface area contributed by atoms with Crippen molar-refractivity contribution < 1.29 is 9.53 Å². The quantitative estimate of drug-likeness (QED) is 0.450. The van der Waals surface area contributed by atoms with E-state index in [0.29, 0.717) is 18.3 Å². The van der Waals surface area contributed by atoms with Gasteiger partial charge in [-0.1, -0.05) is 23.5 Å². The van der Waals surface area contributed by atoms with Crippen LogP contribution in [0.1, 0.15) is 12.8 Å². The van der Waals surface area contributed by atoms with Gasteiger partial charge in [-0.05, 0) is 25.0 Å². The van der Waals surface area contributed by atoms with Gasteiger partial charge in [0.05, 0.1) is 29.2 Å². The van der Waals surface area contributed by atoms with E-state index in [-0.39, 0.29) is 23.2 Å². The van der Waals surface area contributed by atoms with E-state index in [1.165, 1.54) is 29.3 Å². The Balaban J connectivity index is 1.55. The van der Waals surface area contributed by atoms with Gasteiger partial charge >= 0.3 is 5.69 Å². The van der Waals surface area contributed by atoms with Crippen LogP contribution >= 0.6 is 11.3 Å². The van der Waals surface area contributed by atoms with Gasteiger partial charge in [0.15, 0.2) is 16.3 Å². The number of hydrogen-bond donors (Lipinski definition) is 0. The Morgan fingerprint density at radius 2 is 2.09 bits per heavy atom. The average molecular weight is 455 g/mol. The van der Waals surface area contributed by atoms with Crippen LogP contribution in [0, 0.1) is 0 Å². The van der Waals surface area contributed by atoms with E-state index in [1.54, 1.807) is 16.5 Å². The van der Waals surface area contributed by atoms with E-state index < -0.39 is 17.8 Å². The van der Waals surface area contributed by atoms with E-state index in [4.69, 9.17) is 4.74 Å². The number of imidazole rings is 1. The molecule has 4 aromatic rings. The monoisotopic (exact) mass is 454 g/mol. The number of nitrogens with zero attached hydrogens (tertiary/aromatic N) is 6. The van der Waals surface area contributed by atoms with E-state index in [9.17, 15) is 14.4 Å². The highest BCUT2D eigenvalue weighted by Crippen LogP contribution is 2.30. The summed E-state index contributed by atoms with van der Waals surface area (Å²) in [6.07, 6.45) is 3.15. The van der Waals surface area contributed by atoms with Crippen molar-refractivity contribution in [3.05, 3.63) is 51.4 Å². The van der Waals surface area contributed by atoms with Crippen LogP contribution in [-0.4, -0.2) is 48.8 Å². The maximum Gasteiger partial charge on any atom is 0.332 e. The molecule has 0 spiro atoms. The number of amides is 1. The van der Waals surface area contributed by atoms with Crippen LogP contribution < -0.4 is 16.1 Å². The number of anilines is 1. The number of fused-ring (bicyclic) bond motifs is 2. The molecule has 11 heteroatoms. The minimum atomic E-state index is -0.587. The van der Waals surface area contributed by atoms with Crippen LogP contribution in [0.4, 0.5) is 5.13 Å². The molecule has 32 heavy (non-hydrogen) atoms. The molecule has 3 aromatic heterocycles. The highest BCUT2D eigenvalue weighted by Gasteiger charge is 2.27. The smallest absolute Gasteiger partial charge is 0.332 e. The Labute approximate surface area is 186 Å². The van der Waals surface area contributed by atoms with Crippen molar-refractivity contribution in [3.63, 3.8) is 0 Å². The number of aryl methyl sites for hydroxylation is 2. The zero-order valence-electron chi connectivity index (χ0n) is 17.7. The molecule has 5 rings (SSSR count). The first-order valence-electron chi connectivity index (χ1n) is 10.3. The number of carbonyl (C=O) groups excluding carboxylic acids is 1. The van der Waals surface area contributed by atoms with Crippen molar-refractivity contribution in [2.75, 3.05) is 18.1 Å². The summed E-state index contributed by atoms with van der Waals surface area (Å²) in [6, 6.07) is 7.65. The summed E-state index contributed by atoms with van der Waals surface area (Å²) in [4.78, 5) is 49.7. The summed E-state index contributed by atoms with van der Waals surface area (Å²) in [5.41, 5.74) is 0.218. The Morgan fingerprint density at radius 3 is 2.84 bits per heavy atom. The third kappa shape index (κ3) is 3.43. The first kappa shape index (κ1) is 20.6. The van der Waals surface area contributed by atoms with Gasteiger partial charge in [-0.15, -0.1) is 0 Å². The predicted molar refractivity (Wildman–Crippen MR) is 121 cm³/mol. The Kier molecular flexibility index (Phi) is 5.14. The molecule has 0 radical (unpaired) electrons. The summed E-state index contributed by atoms with van der Waals surface area (Å²) >= 11 is 1.40. The summed E-state index contributed by atoms with van der Waals surface area (Å²) in [5.74, 6) is -0.389. The van der Waals surface area contributed by atoms with E-state index in [2.05, 4.69) is 9.97 Å². The molecule has 0 bridgehead atoms. The largest absolute Gasteiger partial charge is 0.376 e. The van der Waals surface area contributed by atoms with E-state index in [1.807, 2.05) is 24.3 Å². The zero-order valence-corrected chi connectivity index (χ0v) is 18.5. The molecule has 1 saturated heterocycles. The van der Waals surface area contributed by atoms with Gasteiger partial charge in [0.1, 0.15) is 6.54 Å². The number of thiazole rings is 1. The van der Waals surface area contributed by atoms with Crippen molar-refractivity contribution in [2.45, 2.75) is 25.5 Å². The predicted octanol–water partition coefficient (Wildman–Crippen LogP) is 1.26. The third-order valence-corrected chi connectivity index (χ3v) is 6.78. The standard InChI is InChI=1S/C21H22N6O4S/c1-24-12-22-18-17(24)19(29)27(21(30)25(18)2)11-16(28)26(10-13-6-5-9-31-13)20-23-14-7-3-4-8-15(14)32-20/h3-4,7-8,12-13H,5-6,9-11H2,1-2H3/t13-/m1/s1. The summed E-state index contributed by atoms with van der Waals surface area (Å²) in [7, 11) is 3.22. The van der Waals surface area contributed by atoms with Gasteiger partial charge in [0.25, 0.3) is 5.56 Å². The summed E-state index contributed by atoms with van der Waals surface area (Å²) < 4.78 is 10.5. The van der Waals surface area contributed by atoms with Gasteiger partial charge in [-0.25, -0.2) is 19.3 Å². The number of rotatable bonds is 5. The summed E-state index contributed by atoms with van der Waals surface area (Å²) in [6.45, 7) is 0.584. The Bertz CT molecular complexity index is 1410. The van der Waals surface area contributed by atoms with Crippen LogP contribution in [-0.2, 0) is 30.2 Å². The second-order valence-electron chi connectivity index (χ2n) is 7.86. The molecule has 1 aliphatic rings. The van der Waals surface area contributed by atoms with E-state index in [0.717, 1.165) is 27.6 Å². The van der Waals surface area contributed by atoms with Crippen LogP contribution in [0.3, 0.4) is 0 Å². The fourth-order valence-electron chi connectivity index (χ4n) is 4.01. The van der Waals surface area contributed by atoms with Gasteiger partial charge in [0, 0.05) is 20.7 Å². The molecule has 0 aliphatic carbocycles. The van der Waals surface area contributed by atoms with Crippen molar-refractivity contribution >= 4 is 43.8 Å². The molecule has 0 saturated carbocycles. The van der Waals surface area contributed by atoms with Crippen molar-refractivity contribution in [1.82, 2.24) is 23.7 Å². The zero-order chi connectivity index (χ0) is 22.4. The number of hydrogen-bond acceptors (Lipinski definition) is 7.